The molecule has 2 aromatic rings. The van der Waals surface area contributed by atoms with Gasteiger partial charge in [-0.15, -0.1) is 11.3 Å². The van der Waals surface area contributed by atoms with Crippen LogP contribution in [0, 0.1) is 0 Å². The fraction of sp³-hybridized carbons (Fsp3) is 0.286. The van der Waals surface area contributed by atoms with Crippen LogP contribution < -0.4 is 10.1 Å². The van der Waals surface area contributed by atoms with Gasteiger partial charge in [-0.2, -0.15) is 0 Å². The van der Waals surface area contributed by atoms with E-state index in [1.807, 2.05) is 30.5 Å². The predicted molar refractivity (Wildman–Crippen MR) is 73.8 cm³/mol. The number of rotatable bonds is 4. The van der Waals surface area contributed by atoms with Gasteiger partial charge < -0.3 is 10.1 Å². The predicted octanol–water partition coefficient (Wildman–Crippen LogP) is 3.70. The molecule has 1 atom stereocenters. The second-order valence-electron chi connectivity index (χ2n) is 3.94. The maximum absolute atomic E-state index is 5.24. The van der Waals surface area contributed by atoms with Gasteiger partial charge in [-0.05, 0) is 43.8 Å². The summed E-state index contributed by atoms with van der Waals surface area (Å²) < 4.78 is 5.24. The van der Waals surface area contributed by atoms with Crippen molar-refractivity contribution >= 4 is 11.3 Å². The second kappa shape index (κ2) is 5.34. The van der Waals surface area contributed by atoms with E-state index >= 15 is 0 Å². The second-order valence-corrected chi connectivity index (χ2v) is 5.06. The van der Waals surface area contributed by atoms with Crippen LogP contribution >= 0.6 is 11.3 Å². The first-order chi connectivity index (χ1) is 8.24. The summed E-state index contributed by atoms with van der Waals surface area (Å²) in [5.74, 6) is 0.902. The molecule has 2 rings (SSSR count). The first kappa shape index (κ1) is 12.1. The van der Waals surface area contributed by atoms with E-state index in [0.29, 0.717) is 6.04 Å². The third-order valence-electron chi connectivity index (χ3n) is 2.84. The van der Waals surface area contributed by atoms with Crippen LogP contribution in [0.5, 0.6) is 5.75 Å². The average Bonchev–Trinajstić information content (AvgIpc) is 2.87. The Morgan fingerprint density at radius 3 is 2.76 bits per heavy atom. The third-order valence-corrected chi connectivity index (χ3v) is 4.16. The lowest BCUT2D eigenvalue weighted by molar-refractivity contribution is 0.415. The summed E-state index contributed by atoms with van der Waals surface area (Å²) in [6, 6.07) is 12.9. The van der Waals surface area contributed by atoms with Gasteiger partial charge in [0, 0.05) is 15.8 Å². The Hall–Kier alpha value is -1.32. The molecule has 0 amide bonds. The summed E-state index contributed by atoms with van der Waals surface area (Å²) in [4.78, 5) is 2.63. The van der Waals surface area contributed by atoms with Crippen LogP contribution in [0.25, 0.3) is 10.4 Å². The van der Waals surface area contributed by atoms with Crippen molar-refractivity contribution in [1.82, 2.24) is 5.32 Å². The maximum Gasteiger partial charge on any atom is 0.119 e. The molecular weight excluding hydrogens is 230 g/mol. The van der Waals surface area contributed by atoms with Gasteiger partial charge in [0.1, 0.15) is 5.75 Å². The van der Waals surface area contributed by atoms with E-state index in [4.69, 9.17) is 4.74 Å². The average molecular weight is 247 g/mol. The van der Waals surface area contributed by atoms with Gasteiger partial charge in [0.25, 0.3) is 0 Å². The molecule has 1 aromatic carbocycles. The van der Waals surface area contributed by atoms with Gasteiger partial charge >= 0.3 is 0 Å². The normalized spacial score (nSPS) is 12.4. The minimum atomic E-state index is 0.402. The van der Waals surface area contributed by atoms with E-state index in [-0.39, 0.29) is 0 Å². The summed E-state index contributed by atoms with van der Waals surface area (Å²) in [5, 5.41) is 3.25. The van der Waals surface area contributed by atoms with Crippen molar-refractivity contribution in [1.29, 1.82) is 0 Å². The smallest absolute Gasteiger partial charge is 0.119 e. The molecular formula is C14H17NOS. The van der Waals surface area contributed by atoms with Gasteiger partial charge in [-0.1, -0.05) is 12.1 Å². The lowest BCUT2D eigenvalue weighted by Gasteiger charge is -2.06. The molecule has 0 aliphatic heterocycles. The Kier molecular flexibility index (Phi) is 3.82. The molecule has 17 heavy (non-hydrogen) atoms. The van der Waals surface area contributed by atoms with E-state index in [2.05, 4.69) is 36.5 Å². The third kappa shape index (κ3) is 2.68. The summed E-state index contributed by atoms with van der Waals surface area (Å²) in [7, 11) is 3.68. The molecule has 1 heterocycles. The van der Waals surface area contributed by atoms with Crippen LogP contribution in [0.1, 0.15) is 17.8 Å². The lowest BCUT2D eigenvalue weighted by atomic mass is 10.2. The van der Waals surface area contributed by atoms with Crippen molar-refractivity contribution in [2.75, 3.05) is 14.2 Å². The van der Waals surface area contributed by atoms with Gasteiger partial charge in [-0.3, -0.25) is 0 Å². The summed E-state index contributed by atoms with van der Waals surface area (Å²) in [6.45, 7) is 2.17. The molecule has 0 radical (unpaired) electrons. The van der Waals surface area contributed by atoms with Crippen LogP contribution in [0.4, 0.5) is 0 Å². The van der Waals surface area contributed by atoms with Gasteiger partial charge in [0.05, 0.1) is 7.11 Å². The Morgan fingerprint density at radius 1 is 1.24 bits per heavy atom. The van der Waals surface area contributed by atoms with Crippen LogP contribution in [0.15, 0.2) is 36.4 Å². The Balaban J connectivity index is 2.30. The number of hydrogen-bond donors (Lipinski definition) is 1. The van der Waals surface area contributed by atoms with Crippen molar-refractivity contribution in [3.8, 4) is 16.2 Å². The minimum absolute atomic E-state index is 0.402. The van der Waals surface area contributed by atoms with Crippen LogP contribution in [0.3, 0.4) is 0 Å². The fourth-order valence-electron chi connectivity index (χ4n) is 1.66. The van der Waals surface area contributed by atoms with Crippen LogP contribution in [-0.4, -0.2) is 14.2 Å². The largest absolute Gasteiger partial charge is 0.497 e. The number of nitrogens with one attached hydrogen (secondary N) is 1. The summed E-state index contributed by atoms with van der Waals surface area (Å²) in [6.07, 6.45) is 0. The highest BCUT2D eigenvalue weighted by atomic mass is 32.1. The molecule has 0 saturated heterocycles. The first-order valence-corrected chi connectivity index (χ1v) is 6.47. The molecule has 1 N–H and O–H groups in total. The Bertz CT molecular complexity index is 492. The molecule has 0 saturated carbocycles. The quantitative estimate of drug-likeness (QED) is 0.889. The zero-order valence-corrected chi connectivity index (χ0v) is 11.2. The van der Waals surface area contributed by atoms with Gasteiger partial charge in [0.2, 0.25) is 0 Å². The Morgan fingerprint density at radius 2 is 2.06 bits per heavy atom. The molecule has 3 heteroatoms. The first-order valence-electron chi connectivity index (χ1n) is 5.66. The standard InChI is InChI=1S/C14H17NOS/c1-10(15-2)13-7-8-14(17-13)11-5-4-6-12(9-11)16-3/h4-10,15H,1-3H3. The molecule has 0 aliphatic carbocycles. The monoisotopic (exact) mass is 247 g/mol. The van der Waals surface area contributed by atoms with Gasteiger partial charge in [-0.25, -0.2) is 0 Å². The van der Waals surface area contributed by atoms with Crippen molar-refractivity contribution in [3.05, 3.63) is 41.3 Å². The van der Waals surface area contributed by atoms with Crippen molar-refractivity contribution in [3.63, 3.8) is 0 Å². The fourth-order valence-corrected chi connectivity index (χ4v) is 2.72. The van der Waals surface area contributed by atoms with Crippen LogP contribution in [-0.2, 0) is 0 Å². The molecule has 90 valence electrons. The topological polar surface area (TPSA) is 21.3 Å². The number of methoxy groups -OCH3 is 1. The van der Waals surface area contributed by atoms with Crippen molar-refractivity contribution in [2.45, 2.75) is 13.0 Å². The SMILES string of the molecule is CNC(C)c1ccc(-c2cccc(OC)c2)s1. The molecule has 0 aliphatic rings. The molecule has 2 nitrogen and oxygen atoms in total. The highest BCUT2D eigenvalue weighted by Gasteiger charge is 2.08. The zero-order valence-electron chi connectivity index (χ0n) is 10.4. The molecule has 0 spiro atoms. The summed E-state index contributed by atoms with van der Waals surface area (Å²) >= 11 is 1.82. The van der Waals surface area contributed by atoms with E-state index in [0.717, 1.165) is 5.75 Å². The minimum Gasteiger partial charge on any atom is -0.497 e. The lowest BCUT2D eigenvalue weighted by Crippen LogP contribution is -2.10. The van der Waals surface area contributed by atoms with Crippen LogP contribution in [0.2, 0.25) is 0 Å². The number of hydrogen-bond acceptors (Lipinski definition) is 3. The van der Waals surface area contributed by atoms with Gasteiger partial charge in [0.15, 0.2) is 0 Å². The molecule has 0 fully saturated rings. The van der Waals surface area contributed by atoms with E-state index in [1.165, 1.54) is 15.3 Å². The van der Waals surface area contributed by atoms with Crippen molar-refractivity contribution in [2.24, 2.45) is 0 Å². The highest BCUT2D eigenvalue weighted by Crippen LogP contribution is 2.32. The molecule has 1 unspecified atom stereocenters. The van der Waals surface area contributed by atoms with E-state index in [1.54, 1.807) is 7.11 Å². The molecule has 1 aromatic heterocycles. The number of benzene rings is 1. The maximum atomic E-state index is 5.24. The van der Waals surface area contributed by atoms with E-state index in [9.17, 15) is 0 Å². The Labute approximate surface area is 106 Å². The zero-order chi connectivity index (χ0) is 12.3. The summed E-state index contributed by atoms with van der Waals surface area (Å²) in [5.41, 5.74) is 1.21. The number of ether oxygens (including phenoxy) is 1. The highest BCUT2D eigenvalue weighted by molar-refractivity contribution is 7.15. The molecule has 0 bridgehead atoms. The van der Waals surface area contributed by atoms with E-state index < -0.39 is 0 Å². The number of thiophene rings is 1. The van der Waals surface area contributed by atoms with Crippen molar-refractivity contribution < 1.29 is 4.74 Å².